The summed E-state index contributed by atoms with van der Waals surface area (Å²) in [6, 6.07) is 14.4. The second-order valence-electron chi connectivity index (χ2n) is 4.82. The molecule has 2 aromatic carbocycles. The molecule has 108 valence electrons. The Bertz CT molecular complexity index is 613. The number of allylic oxidation sites excluding steroid dienone is 1. The average molecular weight is 284 g/mol. The number of unbranched alkanes of at least 4 members (excludes halogenated alkanes) is 1. The molecular formula is C18H17FO2. The van der Waals surface area contributed by atoms with Crippen LogP contribution in [0.2, 0.25) is 0 Å². The van der Waals surface area contributed by atoms with Crippen molar-refractivity contribution in [1.29, 1.82) is 0 Å². The summed E-state index contributed by atoms with van der Waals surface area (Å²) >= 11 is 0. The van der Waals surface area contributed by atoms with Gasteiger partial charge in [-0.1, -0.05) is 48.6 Å². The summed E-state index contributed by atoms with van der Waals surface area (Å²) in [6.07, 6.45) is 5.57. The van der Waals surface area contributed by atoms with Crippen LogP contribution < -0.4 is 0 Å². The summed E-state index contributed by atoms with van der Waals surface area (Å²) in [5, 5.41) is 8.54. The van der Waals surface area contributed by atoms with Gasteiger partial charge in [0.05, 0.1) is 0 Å². The number of carboxylic acid groups (broad SMARTS) is 1. The molecule has 2 rings (SSSR count). The fourth-order valence-electron chi connectivity index (χ4n) is 2.02. The number of halogens is 1. The molecule has 0 fully saturated rings. The molecule has 0 aliphatic carbocycles. The standard InChI is InChI=1S/C18H17FO2/c19-17-12-10-16(11-13-17)15-8-6-14(7-9-15)4-2-1-3-5-18(20)21/h2,4,6-13H,1,3,5H2,(H,20,21)/b4-2-. The van der Waals surface area contributed by atoms with E-state index >= 15 is 0 Å². The van der Waals surface area contributed by atoms with E-state index in [1.54, 1.807) is 12.1 Å². The maximum absolute atomic E-state index is 12.9. The Labute approximate surface area is 123 Å². The van der Waals surface area contributed by atoms with Gasteiger partial charge in [0.2, 0.25) is 0 Å². The van der Waals surface area contributed by atoms with Crippen molar-refractivity contribution < 1.29 is 14.3 Å². The van der Waals surface area contributed by atoms with Gasteiger partial charge in [-0.15, -0.1) is 0 Å². The first kappa shape index (κ1) is 15.0. The Hall–Kier alpha value is -2.42. The van der Waals surface area contributed by atoms with Crippen LogP contribution in [0.25, 0.3) is 17.2 Å². The van der Waals surface area contributed by atoms with Gasteiger partial charge in [0.25, 0.3) is 0 Å². The molecule has 0 unspecified atom stereocenters. The molecule has 0 atom stereocenters. The van der Waals surface area contributed by atoms with E-state index in [2.05, 4.69) is 0 Å². The lowest BCUT2D eigenvalue weighted by Gasteiger charge is -2.02. The Morgan fingerprint density at radius 3 is 2.14 bits per heavy atom. The van der Waals surface area contributed by atoms with Gasteiger partial charge < -0.3 is 5.11 Å². The molecule has 0 radical (unpaired) electrons. The Morgan fingerprint density at radius 1 is 1.00 bits per heavy atom. The zero-order valence-corrected chi connectivity index (χ0v) is 11.6. The van der Waals surface area contributed by atoms with Crippen LogP contribution in [0.4, 0.5) is 4.39 Å². The van der Waals surface area contributed by atoms with Crippen molar-refractivity contribution in [1.82, 2.24) is 0 Å². The topological polar surface area (TPSA) is 37.3 Å². The molecule has 0 saturated heterocycles. The summed E-state index contributed by atoms with van der Waals surface area (Å²) < 4.78 is 12.9. The number of hydrogen-bond acceptors (Lipinski definition) is 1. The van der Waals surface area contributed by atoms with Gasteiger partial charge in [-0.25, -0.2) is 4.39 Å². The maximum Gasteiger partial charge on any atom is 0.303 e. The van der Waals surface area contributed by atoms with Gasteiger partial charge in [-0.3, -0.25) is 4.79 Å². The van der Waals surface area contributed by atoms with Crippen LogP contribution in [0, 0.1) is 5.82 Å². The lowest BCUT2D eigenvalue weighted by atomic mass is 10.0. The van der Waals surface area contributed by atoms with Crippen LogP contribution in [0.1, 0.15) is 24.8 Å². The van der Waals surface area contributed by atoms with Crippen molar-refractivity contribution in [3.8, 4) is 11.1 Å². The Kier molecular flexibility index (Phi) is 5.27. The van der Waals surface area contributed by atoms with E-state index in [1.165, 1.54) is 12.1 Å². The van der Waals surface area contributed by atoms with Crippen molar-refractivity contribution in [2.45, 2.75) is 19.3 Å². The lowest BCUT2D eigenvalue weighted by Crippen LogP contribution is -1.92. The van der Waals surface area contributed by atoms with Gasteiger partial charge in [-0.05, 0) is 41.7 Å². The molecule has 2 nitrogen and oxygen atoms in total. The fourth-order valence-corrected chi connectivity index (χ4v) is 2.02. The van der Waals surface area contributed by atoms with Crippen molar-refractivity contribution in [2.24, 2.45) is 0 Å². The second kappa shape index (κ2) is 7.39. The molecule has 1 N–H and O–H groups in total. The van der Waals surface area contributed by atoms with Gasteiger partial charge in [0.1, 0.15) is 5.82 Å². The van der Waals surface area contributed by atoms with Gasteiger partial charge >= 0.3 is 5.97 Å². The van der Waals surface area contributed by atoms with Crippen LogP contribution in [-0.2, 0) is 4.79 Å². The highest BCUT2D eigenvalue weighted by Crippen LogP contribution is 2.20. The molecule has 0 spiro atoms. The normalized spacial score (nSPS) is 10.9. The molecule has 3 heteroatoms. The minimum Gasteiger partial charge on any atom is -0.481 e. The van der Waals surface area contributed by atoms with Crippen LogP contribution in [0.3, 0.4) is 0 Å². The first-order valence-electron chi connectivity index (χ1n) is 6.89. The first-order valence-corrected chi connectivity index (χ1v) is 6.89. The zero-order chi connectivity index (χ0) is 15.1. The number of carbonyl (C=O) groups is 1. The largest absolute Gasteiger partial charge is 0.481 e. The molecule has 0 aliphatic heterocycles. The maximum atomic E-state index is 12.9. The average Bonchev–Trinajstić information content (AvgIpc) is 2.48. The number of aliphatic carboxylic acids is 1. The fraction of sp³-hybridized carbons (Fsp3) is 0.167. The smallest absolute Gasteiger partial charge is 0.303 e. The molecule has 0 aromatic heterocycles. The Balaban J connectivity index is 1.94. The highest BCUT2D eigenvalue weighted by atomic mass is 19.1. The highest BCUT2D eigenvalue weighted by molar-refractivity contribution is 5.67. The molecular weight excluding hydrogens is 267 g/mol. The minimum absolute atomic E-state index is 0.202. The number of carboxylic acids is 1. The monoisotopic (exact) mass is 284 g/mol. The zero-order valence-electron chi connectivity index (χ0n) is 11.6. The van der Waals surface area contributed by atoms with Crippen molar-refractivity contribution in [3.05, 3.63) is 66.0 Å². The number of benzene rings is 2. The van der Waals surface area contributed by atoms with E-state index in [4.69, 9.17) is 5.11 Å². The molecule has 0 saturated carbocycles. The van der Waals surface area contributed by atoms with E-state index < -0.39 is 5.97 Å². The van der Waals surface area contributed by atoms with Crippen LogP contribution >= 0.6 is 0 Å². The highest BCUT2D eigenvalue weighted by Gasteiger charge is 1.98. The summed E-state index contributed by atoms with van der Waals surface area (Å²) in [6.45, 7) is 0. The molecule has 0 aliphatic rings. The van der Waals surface area contributed by atoms with Gasteiger partial charge in [0, 0.05) is 6.42 Å². The summed E-state index contributed by atoms with van der Waals surface area (Å²) in [7, 11) is 0. The SMILES string of the molecule is O=C(O)CCC/C=C\c1ccc(-c2ccc(F)cc2)cc1. The summed E-state index contributed by atoms with van der Waals surface area (Å²) in [4.78, 5) is 10.4. The third kappa shape index (κ3) is 4.88. The lowest BCUT2D eigenvalue weighted by molar-refractivity contribution is -0.137. The van der Waals surface area contributed by atoms with Crippen LogP contribution in [-0.4, -0.2) is 11.1 Å². The quantitative estimate of drug-likeness (QED) is 0.776. The molecule has 0 bridgehead atoms. The van der Waals surface area contributed by atoms with Gasteiger partial charge in [-0.2, -0.15) is 0 Å². The van der Waals surface area contributed by atoms with Gasteiger partial charge in [0.15, 0.2) is 0 Å². The molecule has 0 heterocycles. The molecule has 21 heavy (non-hydrogen) atoms. The Morgan fingerprint density at radius 2 is 1.57 bits per heavy atom. The second-order valence-corrected chi connectivity index (χ2v) is 4.82. The predicted octanol–water partition coefficient (Wildman–Crippen LogP) is 4.76. The van der Waals surface area contributed by atoms with Crippen LogP contribution in [0.5, 0.6) is 0 Å². The van der Waals surface area contributed by atoms with Crippen molar-refractivity contribution in [2.75, 3.05) is 0 Å². The van der Waals surface area contributed by atoms with Crippen molar-refractivity contribution >= 4 is 12.0 Å². The van der Waals surface area contributed by atoms with Crippen molar-refractivity contribution in [3.63, 3.8) is 0 Å². The van der Waals surface area contributed by atoms with E-state index in [0.717, 1.165) is 23.1 Å². The number of hydrogen-bond donors (Lipinski definition) is 1. The van der Waals surface area contributed by atoms with E-state index in [1.807, 2.05) is 36.4 Å². The number of rotatable bonds is 6. The van der Waals surface area contributed by atoms with Crippen LogP contribution in [0.15, 0.2) is 54.6 Å². The van der Waals surface area contributed by atoms with E-state index in [-0.39, 0.29) is 12.2 Å². The molecule has 0 amide bonds. The van der Waals surface area contributed by atoms with E-state index in [0.29, 0.717) is 6.42 Å². The van der Waals surface area contributed by atoms with E-state index in [9.17, 15) is 9.18 Å². The summed E-state index contributed by atoms with van der Waals surface area (Å²) in [5.41, 5.74) is 3.09. The molecule has 2 aromatic rings. The minimum atomic E-state index is -0.757. The predicted molar refractivity (Wildman–Crippen MR) is 82.4 cm³/mol. The third-order valence-electron chi connectivity index (χ3n) is 3.16. The first-order chi connectivity index (χ1) is 10.1. The summed E-state index contributed by atoms with van der Waals surface area (Å²) in [5.74, 6) is -0.994. The third-order valence-corrected chi connectivity index (χ3v) is 3.16.